The number of rotatable bonds is 2. The largest absolute Gasteiger partial charge is 0.444 e. The maximum absolute atomic E-state index is 6.28. The molecule has 0 spiro atoms. The third-order valence-corrected chi connectivity index (χ3v) is 3.91. The van der Waals surface area contributed by atoms with Crippen LogP contribution in [-0.4, -0.2) is 9.55 Å². The third-order valence-electron chi connectivity index (χ3n) is 3.91. The maximum Gasteiger partial charge on any atom is 0.214 e. The minimum absolute atomic E-state index is 0.145. The van der Waals surface area contributed by atoms with Crippen LogP contribution in [0.5, 0.6) is 0 Å². The zero-order chi connectivity index (χ0) is 13.6. The van der Waals surface area contributed by atoms with Gasteiger partial charge in [-0.15, -0.1) is 0 Å². The predicted molar refractivity (Wildman–Crippen MR) is 73.8 cm³/mol. The van der Waals surface area contributed by atoms with Crippen LogP contribution in [0.1, 0.15) is 49.2 Å². The molecule has 3 rings (SSSR count). The van der Waals surface area contributed by atoms with E-state index in [4.69, 9.17) is 10.2 Å². The first kappa shape index (κ1) is 12.5. The number of aromatic nitrogens is 2. The number of hydrogen-bond acceptors (Lipinski definition) is 3. The normalized spacial score (nSPS) is 21.4. The van der Waals surface area contributed by atoms with Crippen LogP contribution in [0.2, 0.25) is 0 Å². The minimum atomic E-state index is 0.145. The van der Waals surface area contributed by atoms with Gasteiger partial charge in [0.05, 0.1) is 12.7 Å². The van der Waals surface area contributed by atoms with Gasteiger partial charge in [-0.05, 0) is 36.8 Å². The third kappa shape index (κ3) is 2.32. The highest BCUT2D eigenvalue weighted by Gasteiger charge is 2.32. The first-order valence-electron chi connectivity index (χ1n) is 6.79. The van der Waals surface area contributed by atoms with Crippen LogP contribution in [0.25, 0.3) is 0 Å². The quantitative estimate of drug-likeness (QED) is 0.902. The second kappa shape index (κ2) is 4.23. The Bertz CT molecular complexity index is 594. The molecule has 0 aromatic carbocycles. The van der Waals surface area contributed by atoms with Crippen molar-refractivity contribution < 1.29 is 4.42 Å². The average Bonchev–Trinajstić information content (AvgIpc) is 2.86. The zero-order valence-electron chi connectivity index (χ0n) is 11.8. The smallest absolute Gasteiger partial charge is 0.214 e. The Labute approximate surface area is 113 Å². The van der Waals surface area contributed by atoms with Crippen molar-refractivity contribution in [3.05, 3.63) is 41.4 Å². The van der Waals surface area contributed by atoms with Crippen LogP contribution in [0.15, 0.2) is 22.9 Å². The summed E-state index contributed by atoms with van der Waals surface area (Å²) in [5, 5.41) is 0. The van der Waals surface area contributed by atoms with Crippen molar-refractivity contribution in [1.29, 1.82) is 0 Å². The lowest BCUT2D eigenvalue weighted by atomic mass is 9.74. The van der Waals surface area contributed by atoms with Crippen LogP contribution < -0.4 is 5.73 Å². The number of nitrogens with two attached hydrogens (primary N) is 1. The summed E-state index contributed by atoms with van der Waals surface area (Å²) in [5.41, 5.74) is 9.15. The fraction of sp³-hybridized carbons (Fsp3) is 0.533. The molecule has 1 atom stereocenters. The average molecular weight is 259 g/mol. The van der Waals surface area contributed by atoms with Crippen LogP contribution >= 0.6 is 0 Å². The first-order valence-corrected chi connectivity index (χ1v) is 6.79. The van der Waals surface area contributed by atoms with E-state index in [2.05, 4.69) is 35.7 Å². The Hall–Kier alpha value is -1.55. The molecule has 19 heavy (non-hydrogen) atoms. The van der Waals surface area contributed by atoms with Gasteiger partial charge in [-0.2, -0.15) is 0 Å². The Kier molecular flexibility index (Phi) is 2.78. The summed E-state index contributed by atoms with van der Waals surface area (Å²) >= 11 is 0. The second-order valence-electron chi connectivity index (χ2n) is 6.36. The van der Waals surface area contributed by atoms with Crippen molar-refractivity contribution in [1.82, 2.24) is 9.55 Å². The summed E-state index contributed by atoms with van der Waals surface area (Å²) in [6, 6.07) is 2.29. The number of nitrogens with zero attached hydrogens (tertiary/aromatic N) is 2. The molecule has 2 aromatic rings. The van der Waals surface area contributed by atoms with E-state index in [9.17, 15) is 0 Å². The minimum Gasteiger partial charge on any atom is -0.444 e. The summed E-state index contributed by atoms with van der Waals surface area (Å²) in [7, 11) is 0. The molecular weight excluding hydrogens is 238 g/mol. The molecule has 0 saturated heterocycles. The number of oxazole rings is 1. The van der Waals surface area contributed by atoms with Gasteiger partial charge in [-0.1, -0.05) is 13.8 Å². The van der Waals surface area contributed by atoms with Gasteiger partial charge in [0, 0.05) is 17.9 Å². The van der Waals surface area contributed by atoms with Gasteiger partial charge in [-0.25, -0.2) is 4.98 Å². The molecule has 2 aromatic heterocycles. The second-order valence-corrected chi connectivity index (χ2v) is 6.36. The summed E-state index contributed by atoms with van der Waals surface area (Å²) in [5.74, 6) is 1.61. The number of hydrogen-bond donors (Lipinski definition) is 1. The molecule has 2 N–H and O–H groups in total. The Balaban J connectivity index is 1.92. The van der Waals surface area contributed by atoms with Crippen molar-refractivity contribution in [3.63, 3.8) is 0 Å². The highest BCUT2D eigenvalue weighted by molar-refractivity contribution is 5.30. The van der Waals surface area contributed by atoms with Crippen LogP contribution in [0.3, 0.4) is 0 Å². The Morgan fingerprint density at radius 2 is 2.32 bits per heavy atom. The lowest BCUT2D eigenvalue weighted by Crippen LogP contribution is -2.30. The molecule has 4 nitrogen and oxygen atoms in total. The van der Waals surface area contributed by atoms with E-state index in [1.54, 1.807) is 6.20 Å². The fourth-order valence-corrected chi connectivity index (χ4v) is 3.06. The SMILES string of the molecule is Cc1cnc(Cn2ccc3c2CC(C)(C)CC3N)o1. The van der Waals surface area contributed by atoms with Gasteiger partial charge >= 0.3 is 0 Å². The van der Waals surface area contributed by atoms with Crippen molar-refractivity contribution in [2.45, 2.75) is 46.2 Å². The first-order chi connectivity index (χ1) is 8.94. The van der Waals surface area contributed by atoms with E-state index in [1.165, 1.54) is 11.3 Å². The monoisotopic (exact) mass is 259 g/mol. The van der Waals surface area contributed by atoms with Crippen LogP contribution in [-0.2, 0) is 13.0 Å². The Morgan fingerprint density at radius 3 is 3.00 bits per heavy atom. The van der Waals surface area contributed by atoms with E-state index >= 15 is 0 Å². The van der Waals surface area contributed by atoms with Gasteiger partial charge in [0.15, 0.2) is 0 Å². The van der Waals surface area contributed by atoms with Crippen molar-refractivity contribution in [3.8, 4) is 0 Å². The highest BCUT2D eigenvalue weighted by atomic mass is 16.4. The molecule has 1 aliphatic carbocycles. The Morgan fingerprint density at radius 1 is 1.53 bits per heavy atom. The topological polar surface area (TPSA) is 57.0 Å². The molecule has 0 aliphatic heterocycles. The van der Waals surface area contributed by atoms with Gasteiger partial charge in [0.25, 0.3) is 0 Å². The number of aryl methyl sites for hydroxylation is 1. The van der Waals surface area contributed by atoms with Gasteiger partial charge in [0.2, 0.25) is 5.89 Å². The van der Waals surface area contributed by atoms with Crippen LogP contribution in [0.4, 0.5) is 0 Å². The predicted octanol–water partition coefficient (Wildman–Crippen LogP) is 2.81. The molecular formula is C15H21N3O. The van der Waals surface area contributed by atoms with E-state index < -0.39 is 0 Å². The van der Waals surface area contributed by atoms with Crippen molar-refractivity contribution in [2.24, 2.45) is 11.1 Å². The molecule has 0 saturated carbocycles. The lowest BCUT2D eigenvalue weighted by molar-refractivity contribution is 0.275. The molecule has 1 aliphatic rings. The summed E-state index contributed by atoms with van der Waals surface area (Å²) in [4.78, 5) is 4.28. The summed E-state index contributed by atoms with van der Waals surface area (Å²) < 4.78 is 7.79. The van der Waals surface area contributed by atoms with E-state index in [0.717, 1.165) is 24.5 Å². The standard InChI is InChI=1S/C15H21N3O/c1-10-8-17-14(19-10)9-18-5-4-11-12(16)6-15(2,3)7-13(11)18/h4-5,8,12H,6-7,9,16H2,1-3H3. The zero-order valence-corrected chi connectivity index (χ0v) is 11.8. The van der Waals surface area contributed by atoms with E-state index in [0.29, 0.717) is 6.54 Å². The molecule has 0 amide bonds. The van der Waals surface area contributed by atoms with Gasteiger partial charge in [-0.3, -0.25) is 0 Å². The van der Waals surface area contributed by atoms with Gasteiger partial charge in [0.1, 0.15) is 5.76 Å². The highest BCUT2D eigenvalue weighted by Crippen LogP contribution is 2.40. The molecule has 0 bridgehead atoms. The van der Waals surface area contributed by atoms with Crippen molar-refractivity contribution in [2.75, 3.05) is 0 Å². The van der Waals surface area contributed by atoms with Crippen LogP contribution in [0, 0.1) is 12.3 Å². The fourth-order valence-electron chi connectivity index (χ4n) is 3.06. The molecule has 0 fully saturated rings. The summed E-state index contributed by atoms with van der Waals surface area (Å²) in [6.07, 6.45) is 5.97. The molecule has 0 radical (unpaired) electrons. The summed E-state index contributed by atoms with van der Waals surface area (Å²) in [6.45, 7) is 7.16. The van der Waals surface area contributed by atoms with E-state index in [1.807, 2.05) is 6.92 Å². The number of fused-ring (bicyclic) bond motifs is 1. The van der Waals surface area contributed by atoms with Gasteiger partial charge < -0.3 is 14.7 Å². The lowest BCUT2D eigenvalue weighted by Gasteiger charge is -2.34. The van der Waals surface area contributed by atoms with E-state index in [-0.39, 0.29) is 11.5 Å². The molecule has 102 valence electrons. The molecule has 4 heteroatoms. The molecule has 1 unspecified atom stereocenters. The maximum atomic E-state index is 6.28. The van der Waals surface area contributed by atoms with Crippen molar-refractivity contribution >= 4 is 0 Å². The molecule has 2 heterocycles.